The zero-order valence-corrected chi connectivity index (χ0v) is 11.4. The molecule has 0 amide bonds. The summed E-state index contributed by atoms with van der Waals surface area (Å²) in [4.78, 5) is 0. The summed E-state index contributed by atoms with van der Waals surface area (Å²) in [5.41, 5.74) is 0.861. The summed E-state index contributed by atoms with van der Waals surface area (Å²) in [6.45, 7) is -0.707. The second-order valence-corrected chi connectivity index (χ2v) is 4.63. The topological polar surface area (TPSA) is 39.7 Å². The van der Waals surface area contributed by atoms with Gasteiger partial charge < -0.3 is 19.5 Å². The average Bonchev–Trinajstić information content (AvgIpc) is 2.91. The number of methoxy groups -OCH3 is 1. The van der Waals surface area contributed by atoms with Crippen molar-refractivity contribution in [3.8, 4) is 11.5 Å². The molecular weight excluding hydrogens is 268 g/mol. The molecule has 1 saturated heterocycles. The van der Waals surface area contributed by atoms with Gasteiger partial charge in [-0.1, -0.05) is 6.07 Å². The molecule has 0 saturated carbocycles. The van der Waals surface area contributed by atoms with Crippen LogP contribution in [0.25, 0.3) is 0 Å². The maximum atomic E-state index is 12.3. The van der Waals surface area contributed by atoms with E-state index in [4.69, 9.17) is 9.47 Å². The van der Waals surface area contributed by atoms with Gasteiger partial charge in [-0.15, -0.1) is 0 Å². The van der Waals surface area contributed by atoms with E-state index in [1.54, 1.807) is 12.1 Å². The van der Waals surface area contributed by atoms with Crippen molar-refractivity contribution in [1.82, 2.24) is 5.32 Å². The molecule has 0 aliphatic carbocycles. The van der Waals surface area contributed by atoms with Gasteiger partial charge in [-0.05, 0) is 30.5 Å². The van der Waals surface area contributed by atoms with E-state index in [9.17, 15) is 8.78 Å². The van der Waals surface area contributed by atoms with Crippen LogP contribution in [-0.4, -0.2) is 33.0 Å². The van der Waals surface area contributed by atoms with E-state index in [0.29, 0.717) is 12.3 Å². The quantitative estimate of drug-likeness (QED) is 0.836. The minimum Gasteiger partial charge on any atom is -0.493 e. The molecule has 0 spiro atoms. The van der Waals surface area contributed by atoms with Gasteiger partial charge in [-0.2, -0.15) is 8.78 Å². The van der Waals surface area contributed by atoms with Gasteiger partial charge in [0.2, 0.25) is 0 Å². The van der Waals surface area contributed by atoms with Crippen LogP contribution < -0.4 is 14.8 Å². The molecule has 1 aromatic carbocycles. The maximum Gasteiger partial charge on any atom is 0.387 e. The van der Waals surface area contributed by atoms with Gasteiger partial charge in [0.25, 0.3) is 0 Å². The molecular formula is C14H19F2NO3. The van der Waals surface area contributed by atoms with Crippen molar-refractivity contribution in [2.45, 2.75) is 32.1 Å². The number of ether oxygens (including phenoxy) is 3. The molecule has 1 fully saturated rings. The van der Waals surface area contributed by atoms with E-state index in [0.717, 1.165) is 31.6 Å². The molecule has 4 nitrogen and oxygen atoms in total. The van der Waals surface area contributed by atoms with Crippen LogP contribution in [0.3, 0.4) is 0 Å². The van der Waals surface area contributed by atoms with E-state index in [-0.39, 0.29) is 11.9 Å². The van der Waals surface area contributed by atoms with Crippen LogP contribution in [0.15, 0.2) is 18.2 Å². The van der Waals surface area contributed by atoms with Crippen molar-refractivity contribution >= 4 is 0 Å². The summed E-state index contributed by atoms with van der Waals surface area (Å²) in [5.74, 6) is 0.354. The van der Waals surface area contributed by atoms with Gasteiger partial charge in [0.15, 0.2) is 11.5 Å². The Bertz CT molecular complexity index is 423. The smallest absolute Gasteiger partial charge is 0.387 e. The zero-order chi connectivity index (χ0) is 14.4. The number of hydrogen-bond donors (Lipinski definition) is 1. The van der Waals surface area contributed by atoms with Crippen molar-refractivity contribution in [2.24, 2.45) is 0 Å². The van der Waals surface area contributed by atoms with Gasteiger partial charge in [0, 0.05) is 19.7 Å². The fourth-order valence-electron chi connectivity index (χ4n) is 2.20. The van der Waals surface area contributed by atoms with Gasteiger partial charge >= 0.3 is 6.61 Å². The highest BCUT2D eigenvalue weighted by Crippen LogP contribution is 2.29. The van der Waals surface area contributed by atoms with Gasteiger partial charge in [-0.3, -0.25) is 0 Å². The van der Waals surface area contributed by atoms with Crippen LogP contribution in [0.5, 0.6) is 11.5 Å². The number of nitrogens with one attached hydrogen (secondary N) is 1. The molecule has 2 rings (SSSR count). The van der Waals surface area contributed by atoms with Crippen LogP contribution in [0.2, 0.25) is 0 Å². The molecule has 1 aromatic rings. The zero-order valence-electron chi connectivity index (χ0n) is 11.4. The second-order valence-electron chi connectivity index (χ2n) is 4.63. The van der Waals surface area contributed by atoms with Crippen molar-refractivity contribution in [3.05, 3.63) is 23.8 Å². The van der Waals surface area contributed by atoms with E-state index in [1.807, 2.05) is 6.07 Å². The summed E-state index contributed by atoms with van der Waals surface area (Å²) in [7, 11) is 1.42. The van der Waals surface area contributed by atoms with Crippen LogP contribution in [0.1, 0.15) is 18.4 Å². The minimum absolute atomic E-state index is 0.0546. The third-order valence-electron chi connectivity index (χ3n) is 3.17. The first kappa shape index (κ1) is 15.0. The molecule has 112 valence electrons. The van der Waals surface area contributed by atoms with Crippen LogP contribution in [0.4, 0.5) is 8.78 Å². The van der Waals surface area contributed by atoms with E-state index in [1.165, 1.54) is 7.11 Å². The second kappa shape index (κ2) is 7.40. The third kappa shape index (κ3) is 4.31. The molecule has 1 unspecified atom stereocenters. The number of benzene rings is 1. The molecule has 1 N–H and O–H groups in total. The summed E-state index contributed by atoms with van der Waals surface area (Å²) in [6.07, 6.45) is 2.42. The molecule has 6 heteroatoms. The summed E-state index contributed by atoms with van der Waals surface area (Å²) < 4.78 is 39.6. The molecule has 1 aliphatic heterocycles. The van der Waals surface area contributed by atoms with Crippen molar-refractivity contribution in [1.29, 1.82) is 0 Å². The Balaban J connectivity index is 1.90. The highest BCUT2D eigenvalue weighted by molar-refractivity contribution is 5.42. The summed E-state index contributed by atoms with van der Waals surface area (Å²) >= 11 is 0. The Morgan fingerprint density at radius 3 is 2.90 bits per heavy atom. The first-order valence-electron chi connectivity index (χ1n) is 6.63. The number of halogens is 2. The molecule has 1 atom stereocenters. The fraction of sp³-hybridized carbons (Fsp3) is 0.571. The van der Waals surface area contributed by atoms with Crippen LogP contribution >= 0.6 is 0 Å². The number of rotatable bonds is 7. The minimum atomic E-state index is -2.86. The Morgan fingerprint density at radius 2 is 2.25 bits per heavy atom. The largest absolute Gasteiger partial charge is 0.493 e. The first-order chi connectivity index (χ1) is 9.69. The van der Waals surface area contributed by atoms with Gasteiger partial charge in [-0.25, -0.2) is 0 Å². The lowest BCUT2D eigenvalue weighted by Gasteiger charge is -2.13. The lowest BCUT2D eigenvalue weighted by Crippen LogP contribution is -2.25. The Hall–Kier alpha value is -1.40. The third-order valence-corrected chi connectivity index (χ3v) is 3.17. The molecule has 0 aromatic heterocycles. The van der Waals surface area contributed by atoms with Crippen molar-refractivity contribution in [3.63, 3.8) is 0 Å². The normalized spacial score (nSPS) is 18.5. The Kier molecular flexibility index (Phi) is 5.55. The Labute approximate surface area is 117 Å². The Morgan fingerprint density at radius 1 is 1.40 bits per heavy atom. The molecule has 1 heterocycles. The standard InChI is InChI=1S/C14H19F2NO3/c1-18-12-5-4-10(7-13(12)20-14(15)16)8-17-9-11-3-2-6-19-11/h4-5,7,11,14,17H,2-3,6,8-9H2,1H3. The monoisotopic (exact) mass is 287 g/mol. The lowest BCUT2D eigenvalue weighted by molar-refractivity contribution is -0.0512. The predicted molar refractivity (Wildman–Crippen MR) is 70.3 cm³/mol. The van der Waals surface area contributed by atoms with Gasteiger partial charge in [0.05, 0.1) is 13.2 Å². The molecule has 1 aliphatic rings. The highest BCUT2D eigenvalue weighted by Gasteiger charge is 2.15. The van der Waals surface area contributed by atoms with E-state index in [2.05, 4.69) is 10.1 Å². The lowest BCUT2D eigenvalue weighted by atomic mass is 10.2. The molecule has 20 heavy (non-hydrogen) atoms. The predicted octanol–water partition coefficient (Wildman–Crippen LogP) is 2.57. The van der Waals surface area contributed by atoms with E-state index >= 15 is 0 Å². The SMILES string of the molecule is COc1ccc(CNCC2CCCO2)cc1OC(F)F. The van der Waals surface area contributed by atoms with Crippen molar-refractivity contribution < 1.29 is 23.0 Å². The van der Waals surface area contributed by atoms with Crippen LogP contribution in [-0.2, 0) is 11.3 Å². The average molecular weight is 287 g/mol. The molecule has 0 bridgehead atoms. The highest BCUT2D eigenvalue weighted by atomic mass is 19.3. The number of hydrogen-bond acceptors (Lipinski definition) is 4. The summed E-state index contributed by atoms with van der Waals surface area (Å²) in [5, 5.41) is 3.25. The van der Waals surface area contributed by atoms with Crippen molar-refractivity contribution in [2.75, 3.05) is 20.3 Å². The first-order valence-corrected chi connectivity index (χ1v) is 6.63. The number of alkyl halides is 2. The van der Waals surface area contributed by atoms with E-state index < -0.39 is 6.61 Å². The molecule has 0 radical (unpaired) electrons. The summed E-state index contributed by atoms with van der Waals surface area (Å²) in [6, 6.07) is 5.01. The van der Waals surface area contributed by atoms with Crippen LogP contribution in [0, 0.1) is 0 Å². The fourth-order valence-corrected chi connectivity index (χ4v) is 2.20. The maximum absolute atomic E-state index is 12.3. The van der Waals surface area contributed by atoms with Gasteiger partial charge in [0.1, 0.15) is 0 Å².